The van der Waals surface area contributed by atoms with Crippen molar-refractivity contribution < 1.29 is 13.4 Å². The van der Waals surface area contributed by atoms with Gasteiger partial charge in [-0.25, -0.2) is 13.8 Å². The van der Waals surface area contributed by atoms with Crippen molar-refractivity contribution in [2.75, 3.05) is 5.73 Å². The normalized spacial score (nSPS) is 12.4. The molecule has 9 heteroatoms. The monoisotopic (exact) mass is 574 g/mol. The lowest BCUT2D eigenvalue weighted by Crippen LogP contribution is -2.23. The third-order valence-electron chi connectivity index (χ3n) is 6.40. The van der Waals surface area contributed by atoms with Gasteiger partial charge in [-0.1, -0.05) is 48.0 Å². The maximum Gasteiger partial charge on any atom is 0.338 e. The van der Waals surface area contributed by atoms with Crippen molar-refractivity contribution in [3.8, 4) is 11.1 Å². The Morgan fingerprint density at radius 1 is 1.07 bits per heavy atom. The molecule has 204 valence electrons. The maximum atomic E-state index is 14.5. The number of hydrogen-bond acceptors (Lipinski definition) is 6. The zero-order valence-electron chi connectivity index (χ0n) is 22.3. The minimum absolute atomic E-state index is 0.0720. The standard InChI is InChI=1S/C31H28ClFN4O2S/c1-31(2,3)39-30(38)20-10-14-28-27(16-20)36-29(37(28)40-33)24(15-19-7-5-4-6-8-19)26-13-9-21(18-35-26)23-17-22(32)11-12-25(23)34/h4-14,16-18,24H,15,34H2,1-3H3. The molecule has 0 aliphatic heterocycles. The van der Waals surface area contributed by atoms with Gasteiger partial charge in [0.05, 0.1) is 28.2 Å². The highest BCUT2D eigenvalue weighted by Gasteiger charge is 2.26. The molecule has 0 saturated heterocycles. The van der Waals surface area contributed by atoms with Gasteiger partial charge in [0.2, 0.25) is 0 Å². The number of aromatic nitrogens is 3. The first kappa shape index (κ1) is 27.7. The fraction of sp³-hybridized carbons (Fsp3) is 0.194. The number of carbonyl (C=O) groups excluding carboxylic acids is 1. The van der Waals surface area contributed by atoms with E-state index in [1.165, 1.54) is 3.97 Å². The lowest BCUT2D eigenvalue weighted by atomic mass is 9.94. The number of benzene rings is 3. The molecule has 0 saturated carbocycles. The second-order valence-electron chi connectivity index (χ2n) is 10.5. The summed E-state index contributed by atoms with van der Waals surface area (Å²) >= 11 is 6.27. The quantitative estimate of drug-likeness (QED) is 0.156. The predicted molar refractivity (Wildman–Crippen MR) is 160 cm³/mol. The first-order chi connectivity index (χ1) is 19.1. The molecule has 5 aromatic rings. The summed E-state index contributed by atoms with van der Waals surface area (Å²) in [7, 11) is 0. The molecule has 0 bridgehead atoms. The van der Waals surface area contributed by atoms with Crippen LogP contribution >= 0.6 is 23.9 Å². The van der Waals surface area contributed by atoms with E-state index in [1.807, 2.05) is 63.2 Å². The number of ether oxygens (including phenoxy) is 1. The van der Waals surface area contributed by atoms with Gasteiger partial charge in [0.25, 0.3) is 0 Å². The van der Waals surface area contributed by atoms with Gasteiger partial charge < -0.3 is 10.5 Å². The predicted octanol–water partition coefficient (Wildman–Crippen LogP) is 8.04. The van der Waals surface area contributed by atoms with Crippen molar-refractivity contribution in [3.05, 3.63) is 113 Å². The van der Waals surface area contributed by atoms with Gasteiger partial charge >= 0.3 is 5.97 Å². The van der Waals surface area contributed by atoms with Crippen LogP contribution in [0.2, 0.25) is 5.02 Å². The highest BCUT2D eigenvalue weighted by Crippen LogP contribution is 2.35. The number of anilines is 1. The summed E-state index contributed by atoms with van der Waals surface area (Å²) in [5.41, 5.74) is 10.9. The lowest BCUT2D eigenvalue weighted by Gasteiger charge is -2.19. The summed E-state index contributed by atoms with van der Waals surface area (Å²) in [6.07, 6.45) is 2.28. The van der Waals surface area contributed by atoms with Crippen molar-refractivity contribution >= 4 is 46.6 Å². The smallest absolute Gasteiger partial charge is 0.338 e. The number of esters is 1. The molecular weight excluding hydrogens is 547 g/mol. The van der Waals surface area contributed by atoms with Gasteiger partial charge in [0.1, 0.15) is 11.4 Å². The molecule has 0 amide bonds. The number of carbonyl (C=O) groups is 1. The Bertz CT molecular complexity index is 1670. The van der Waals surface area contributed by atoms with E-state index < -0.39 is 11.6 Å². The van der Waals surface area contributed by atoms with Crippen molar-refractivity contribution in [3.63, 3.8) is 0 Å². The Morgan fingerprint density at radius 3 is 2.52 bits per heavy atom. The van der Waals surface area contributed by atoms with Crippen LogP contribution in [-0.4, -0.2) is 25.5 Å². The molecule has 5 rings (SSSR count). The van der Waals surface area contributed by atoms with E-state index in [2.05, 4.69) is 0 Å². The lowest BCUT2D eigenvalue weighted by molar-refractivity contribution is 0.00696. The molecule has 2 N–H and O–H groups in total. The van der Waals surface area contributed by atoms with Crippen LogP contribution in [0.15, 0.2) is 85.1 Å². The van der Waals surface area contributed by atoms with Gasteiger partial charge in [-0.15, -0.1) is 3.89 Å². The number of hydrogen-bond donors (Lipinski definition) is 1. The molecule has 3 aromatic carbocycles. The number of nitrogen functional groups attached to an aromatic ring is 1. The Balaban J connectivity index is 1.58. The summed E-state index contributed by atoms with van der Waals surface area (Å²) in [5, 5.41) is 0.578. The SMILES string of the molecule is CC(C)(C)OC(=O)c1ccc2c(c1)nc(C(Cc1ccccc1)c1ccc(-c3cc(Cl)ccc3N)cn1)n2SF. The number of pyridine rings is 1. The van der Waals surface area contributed by atoms with Crippen LogP contribution in [0.1, 0.15) is 54.1 Å². The summed E-state index contributed by atoms with van der Waals surface area (Å²) in [5.74, 6) is -0.360. The topological polar surface area (TPSA) is 83.0 Å². The second kappa shape index (κ2) is 11.3. The van der Waals surface area contributed by atoms with Crippen LogP contribution in [0.4, 0.5) is 9.57 Å². The fourth-order valence-electron chi connectivity index (χ4n) is 4.56. The molecule has 0 fully saturated rings. The number of rotatable bonds is 7. The van der Waals surface area contributed by atoms with Crippen LogP contribution in [0.5, 0.6) is 0 Å². The van der Waals surface area contributed by atoms with Crippen LogP contribution in [0, 0.1) is 0 Å². The Kier molecular flexibility index (Phi) is 7.83. The first-order valence-corrected chi connectivity index (χ1v) is 13.8. The molecule has 2 aromatic heterocycles. The number of nitrogens with two attached hydrogens (primary N) is 1. The van der Waals surface area contributed by atoms with Gasteiger partial charge in [-0.05, 0) is 75.2 Å². The molecule has 0 aliphatic carbocycles. The third-order valence-corrected chi connectivity index (χ3v) is 7.16. The zero-order chi connectivity index (χ0) is 28.4. The largest absolute Gasteiger partial charge is 0.456 e. The van der Waals surface area contributed by atoms with E-state index in [0.717, 1.165) is 16.7 Å². The van der Waals surface area contributed by atoms with E-state index in [-0.39, 0.29) is 18.3 Å². The summed E-state index contributed by atoms with van der Waals surface area (Å²) in [6, 6.07) is 24.0. The van der Waals surface area contributed by atoms with Gasteiger partial charge in [0, 0.05) is 28.0 Å². The average molecular weight is 575 g/mol. The summed E-state index contributed by atoms with van der Waals surface area (Å²) < 4.78 is 21.5. The van der Waals surface area contributed by atoms with Crippen molar-refractivity contribution in [1.29, 1.82) is 0 Å². The number of halogens is 2. The van der Waals surface area contributed by atoms with Gasteiger partial charge in [-0.3, -0.25) is 4.98 Å². The Morgan fingerprint density at radius 2 is 1.85 bits per heavy atom. The van der Waals surface area contributed by atoms with Gasteiger partial charge in [0.15, 0.2) is 12.3 Å². The number of nitrogens with zero attached hydrogens (tertiary/aromatic N) is 3. The minimum atomic E-state index is -0.639. The molecule has 40 heavy (non-hydrogen) atoms. The highest BCUT2D eigenvalue weighted by molar-refractivity contribution is 7.93. The van der Waals surface area contributed by atoms with E-state index >= 15 is 0 Å². The second-order valence-corrected chi connectivity index (χ2v) is 11.4. The molecule has 0 aliphatic rings. The first-order valence-electron chi connectivity index (χ1n) is 12.7. The van der Waals surface area contributed by atoms with Crippen LogP contribution in [0.25, 0.3) is 22.2 Å². The van der Waals surface area contributed by atoms with Crippen LogP contribution in [-0.2, 0) is 11.2 Å². The fourth-order valence-corrected chi connectivity index (χ4v) is 5.20. The van der Waals surface area contributed by atoms with E-state index in [1.54, 1.807) is 42.6 Å². The molecule has 0 radical (unpaired) electrons. The zero-order valence-corrected chi connectivity index (χ0v) is 23.8. The van der Waals surface area contributed by atoms with E-state index in [4.69, 9.17) is 32.0 Å². The number of fused-ring (bicyclic) bond motifs is 1. The summed E-state index contributed by atoms with van der Waals surface area (Å²) in [6.45, 7) is 5.43. The van der Waals surface area contributed by atoms with Gasteiger partial charge in [-0.2, -0.15) is 0 Å². The van der Waals surface area contributed by atoms with E-state index in [9.17, 15) is 8.68 Å². The Labute approximate surface area is 241 Å². The molecule has 1 atom stereocenters. The van der Waals surface area contributed by atoms with E-state index in [0.29, 0.717) is 45.2 Å². The number of imidazole rings is 1. The molecule has 0 spiro atoms. The molecular formula is C31H28ClFN4O2S. The minimum Gasteiger partial charge on any atom is -0.456 e. The molecule has 6 nitrogen and oxygen atoms in total. The van der Waals surface area contributed by atoms with Crippen LogP contribution < -0.4 is 5.73 Å². The van der Waals surface area contributed by atoms with Crippen molar-refractivity contribution in [2.45, 2.75) is 38.7 Å². The third kappa shape index (κ3) is 5.98. The van der Waals surface area contributed by atoms with Crippen LogP contribution in [0.3, 0.4) is 0 Å². The molecule has 2 heterocycles. The average Bonchev–Trinajstić information content (AvgIpc) is 3.30. The maximum absolute atomic E-state index is 14.5. The molecule has 1 unspecified atom stereocenters. The van der Waals surface area contributed by atoms with Crippen molar-refractivity contribution in [2.24, 2.45) is 0 Å². The Hall–Kier alpha value is -3.88. The summed E-state index contributed by atoms with van der Waals surface area (Å²) in [4.78, 5) is 22.3. The highest BCUT2D eigenvalue weighted by atomic mass is 35.5. The van der Waals surface area contributed by atoms with Crippen molar-refractivity contribution in [1.82, 2.24) is 13.9 Å².